The molecular weight excluding hydrogens is 429 g/mol. The summed E-state index contributed by atoms with van der Waals surface area (Å²) in [5.41, 5.74) is 0.946. The third-order valence-electron chi connectivity index (χ3n) is 4.56. The number of aliphatic imine (C=N–C) groups is 1. The quantitative estimate of drug-likeness (QED) is 0.386. The fraction of sp³-hybridized carbons (Fsp3) is 0.778. The van der Waals surface area contributed by atoms with Crippen molar-refractivity contribution in [3.63, 3.8) is 0 Å². The number of nitrogens with one attached hydrogen (secondary N) is 2. The Morgan fingerprint density at radius 1 is 1.32 bits per heavy atom. The van der Waals surface area contributed by atoms with Gasteiger partial charge in [0.15, 0.2) is 5.96 Å². The maximum Gasteiger partial charge on any atom is 0.214 e. The fourth-order valence-corrected chi connectivity index (χ4v) is 3.21. The first-order valence-electron chi connectivity index (χ1n) is 9.11. The van der Waals surface area contributed by atoms with Crippen molar-refractivity contribution in [3.05, 3.63) is 17.3 Å². The van der Waals surface area contributed by atoms with E-state index in [0.29, 0.717) is 24.4 Å². The largest absolute Gasteiger partial charge is 0.444 e. The molecule has 0 aromatic carbocycles. The molecular formula is C18H34IN5O. The van der Waals surface area contributed by atoms with Crippen LogP contribution in [0.15, 0.2) is 9.41 Å². The maximum absolute atomic E-state index is 5.60. The van der Waals surface area contributed by atoms with E-state index in [4.69, 9.17) is 4.42 Å². The number of piperidine rings is 1. The lowest BCUT2D eigenvalue weighted by Crippen LogP contribution is -2.49. The SMILES string of the molecule is CN=C(NCc1nc(C)c(C)o1)NCC1CCCCN1CC(C)C.I. The number of likely N-dealkylation sites (tertiary alicyclic amines) is 1. The van der Waals surface area contributed by atoms with Gasteiger partial charge in [0.2, 0.25) is 5.89 Å². The summed E-state index contributed by atoms with van der Waals surface area (Å²) in [6.07, 6.45) is 3.90. The Hall–Kier alpha value is -0.830. The van der Waals surface area contributed by atoms with E-state index in [2.05, 4.69) is 39.4 Å². The Kier molecular flexibility index (Phi) is 9.78. The van der Waals surface area contributed by atoms with Crippen molar-refractivity contribution < 1.29 is 4.42 Å². The van der Waals surface area contributed by atoms with Crippen molar-refractivity contribution in [2.24, 2.45) is 10.9 Å². The van der Waals surface area contributed by atoms with Gasteiger partial charge in [0.05, 0.1) is 12.2 Å². The van der Waals surface area contributed by atoms with Gasteiger partial charge in [-0.3, -0.25) is 9.89 Å². The second kappa shape index (κ2) is 11.0. The van der Waals surface area contributed by atoms with E-state index < -0.39 is 0 Å². The molecule has 1 saturated heterocycles. The number of rotatable bonds is 6. The molecule has 0 radical (unpaired) electrons. The van der Waals surface area contributed by atoms with E-state index in [1.54, 1.807) is 7.05 Å². The third-order valence-corrected chi connectivity index (χ3v) is 4.56. The van der Waals surface area contributed by atoms with E-state index in [1.165, 1.54) is 32.4 Å². The maximum atomic E-state index is 5.60. The summed E-state index contributed by atoms with van der Waals surface area (Å²) in [5.74, 6) is 3.09. The molecule has 0 saturated carbocycles. The number of aromatic nitrogens is 1. The summed E-state index contributed by atoms with van der Waals surface area (Å²) in [6.45, 7) is 12.3. The first-order chi connectivity index (χ1) is 11.5. The number of nitrogens with zero attached hydrogens (tertiary/aromatic N) is 3. The first-order valence-corrected chi connectivity index (χ1v) is 9.11. The standard InChI is InChI=1S/C18H33N5O.HI/c1-13(2)12-23-9-7-6-8-16(23)10-20-18(19-5)21-11-17-22-14(3)15(4)24-17;/h13,16H,6-12H2,1-5H3,(H2,19,20,21);1H. The molecule has 144 valence electrons. The molecule has 2 rings (SSSR count). The topological polar surface area (TPSA) is 65.7 Å². The smallest absolute Gasteiger partial charge is 0.214 e. The molecule has 2 heterocycles. The molecule has 0 bridgehead atoms. The highest BCUT2D eigenvalue weighted by atomic mass is 127. The molecule has 0 amide bonds. The minimum atomic E-state index is 0. The van der Waals surface area contributed by atoms with Crippen LogP contribution in [0.5, 0.6) is 0 Å². The van der Waals surface area contributed by atoms with Crippen LogP contribution >= 0.6 is 24.0 Å². The normalized spacial score (nSPS) is 19.0. The molecule has 2 N–H and O–H groups in total. The van der Waals surface area contributed by atoms with Gasteiger partial charge in [-0.1, -0.05) is 20.3 Å². The van der Waals surface area contributed by atoms with Crippen LogP contribution in [0, 0.1) is 19.8 Å². The van der Waals surface area contributed by atoms with E-state index in [1.807, 2.05) is 13.8 Å². The second-order valence-electron chi connectivity index (χ2n) is 7.09. The fourth-order valence-electron chi connectivity index (χ4n) is 3.21. The molecule has 1 aliphatic heterocycles. The van der Waals surface area contributed by atoms with Crippen molar-refractivity contribution in [1.29, 1.82) is 0 Å². The highest BCUT2D eigenvalue weighted by molar-refractivity contribution is 14.0. The van der Waals surface area contributed by atoms with Crippen LogP contribution < -0.4 is 10.6 Å². The van der Waals surface area contributed by atoms with Crippen molar-refractivity contribution in [2.45, 2.75) is 59.5 Å². The Labute approximate surface area is 169 Å². The Morgan fingerprint density at radius 2 is 2.08 bits per heavy atom. The minimum absolute atomic E-state index is 0. The molecule has 1 unspecified atom stereocenters. The van der Waals surface area contributed by atoms with Gasteiger partial charge < -0.3 is 15.1 Å². The molecule has 1 aromatic heterocycles. The van der Waals surface area contributed by atoms with E-state index in [-0.39, 0.29) is 24.0 Å². The number of hydrogen-bond donors (Lipinski definition) is 2. The molecule has 1 atom stereocenters. The monoisotopic (exact) mass is 463 g/mol. The molecule has 7 heteroatoms. The summed E-state index contributed by atoms with van der Waals surface area (Å²) < 4.78 is 5.60. The van der Waals surface area contributed by atoms with Gasteiger partial charge in [-0.2, -0.15) is 0 Å². The van der Waals surface area contributed by atoms with Gasteiger partial charge in [-0.05, 0) is 39.2 Å². The summed E-state index contributed by atoms with van der Waals surface area (Å²) in [6, 6.07) is 0.589. The van der Waals surface area contributed by atoms with Crippen LogP contribution in [-0.4, -0.2) is 48.6 Å². The van der Waals surface area contributed by atoms with Crippen molar-refractivity contribution in [1.82, 2.24) is 20.5 Å². The Bertz CT molecular complexity index is 524. The van der Waals surface area contributed by atoms with Crippen LogP contribution in [0.1, 0.15) is 50.5 Å². The zero-order valence-electron chi connectivity index (χ0n) is 16.3. The van der Waals surface area contributed by atoms with Crippen LogP contribution in [0.3, 0.4) is 0 Å². The van der Waals surface area contributed by atoms with Crippen LogP contribution in [0.25, 0.3) is 0 Å². The third kappa shape index (κ3) is 7.13. The summed E-state index contributed by atoms with van der Waals surface area (Å²) in [5, 5.41) is 6.75. The average Bonchev–Trinajstić information content (AvgIpc) is 2.87. The van der Waals surface area contributed by atoms with E-state index >= 15 is 0 Å². The first kappa shape index (κ1) is 22.2. The van der Waals surface area contributed by atoms with Gasteiger partial charge in [-0.15, -0.1) is 24.0 Å². The molecule has 1 aliphatic rings. The summed E-state index contributed by atoms with van der Waals surface area (Å²) in [4.78, 5) is 11.3. The molecule has 0 aliphatic carbocycles. The summed E-state index contributed by atoms with van der Waals surface area (Å²) >= 11 is 0. The van der Waals surface area contributed by atoms with Gasteiger partial charge in [-0.25, -0.2) is 4.98 Å². The second-order valence-corrected chi connectivity index (χ2v) is 7.09. The van der Waals surface area contributed by atoms with E-state index in [0.717, 1.165) is 24.0 Å². The predicted molar refractivity (Wildman–Crippen MR) is 114 cm³/mol. The number of guanidine groups is 1. The predicted octanol–water partition coefficient (Wildman–Crippen LogP) is 3.08. The molecule has 0 spiro atoms. The zero-order chi connectivity index (χ0) is 17.5. The minimum Gasteiger partial charge on any atom is -0.444 e. The Morgan fingerprint density at radius 3 is 2.68 bits per heavy atom. The lowest BCUT2D eigenvalue weighted by Gasteiger charge is -2.37. The van der Waals surface area contributed by atoms with Crippen molar-refractivity contribution in [3.8, 4) is 0 Å². The average molecular weight is 463 g/mol. The number of oxazole rings is 1. The zero-order valence-corrected chi connectivity index (χ0v) is 18.6. The number of halogens is 1. The van der Waals surface area contributed by atoms with Crippen molar-refractivity contribution >= 4 is 29.9 Å². The van der Waals surface area contributed by atoms with Gasteiger partial charge in [0, 0.05) is 26.2 Å². The lowest BCUT2D eigenvalue weighted by atomic mass is 10.0. The number of aryl methyl sites for hydroxylation is 2. The van der Waals surface area contributed by atoms with Gasteiger partial charge >= 0.3 is 0 Å². The highest BCUT2D eigenvalue weighted by Crippen LogP contribution is 2.17. The van der Waals surface area contributed by atoms with Crippen LogP contribution in [0.4, 0.5) is 0 Å². The van der Waals surface area contributed by atoms with Crippen LogP contribution in [0.2, 0.25) is 0 Å². The highest BCUT2D eigenvalue weighted by Gasteiger charge is 2.22. The van der Waals surface area contributed by atoms with Crippen LogP contribution in [-0.2, 0) is 6.54 Å². The van der Waals surface area contributed by atoms with E-state index in [9.17, 15) is 0 Å². The Balaban J connectivity index is 0.00000312. The van der Waals surface area contributed by atoms with Crippen molar-refractivity contribution in [2.75, 3.05) is 26.7 Å². The number of hydrogen-bond acceptors (Lipinski definition) is 4. The van der Waals surface area contributed by atoms with Gasteiger partial charge in [0.25, 0.3) is 0 Å². The molecule has 1 aromatic rings. The molecule has 25 heavy (non-hydrogen) atoms. The van der Waals surface area contributed by atoms with Gasteiger partial charge in [0.1, 0.15) is 5.76 Å². The summed E-state index contributed by atoms with van der Waals surface area (Å²) in [7, 11) is 1.80. The molecule has 1 fully saturated rings. The lowest BCUT2D eigenvalue weighted by molar-refractivity contribution is 0.133. The molecule has 6 nitrogen and oxygen atoms in total.